The van der Waals surface area contributed by atoms with E-state index in [2.05, 4.69) is 5.32 Å². The highest BCUT2D eigenvalue weighted by atomic mass is 16.5. The Kier molecular flexibility index (Phi) is 5.03. The number of hydrogen-bond acceptors (Lipinski definition) is 3. The summed E-state index contributed by atoms with van der Waals surface area (Å²) in [7, 11) is 0. The average Bonchev–Trinajstić information content (AvgIpc) is 2.58. The lowest BCUT2D eigenvalue weighted by Crippen LogP contribution is -2.41. The number of carbonyl (C=O) groups excluding carboxylic acids is 1. The number of nitrogens with one attached hydrogen (secondary N) is 1. The van der Waals surface area contributed by atoms with Crippen molar-refractivity contribution in [3.63, 3.8) is 0 Å². The molecular formula is C20H21NO4. The predicted molar refractivity (Wildman–Crippen MR) is 94.4 cm³/mol. The minimum atomic E-state index is -0.873. The average molecular weight is 339 g/mol. The molecule has 0 unspecified atom stereocenters. The molecule has 0 spiro atoms. The molecule has 1 aliphatic carbocycles. The smallest absolute Gasteiger partial charge is 0.310 e. The molecule has 2 aromatic carbocycles. The van der Waals surface area contributed by atoms with E-state index in [1.165, 1.54) is 0 Å². The maximum Gasteiger partial charge on any atom is 0.310 e. The number of benzene rings is 2. The van der Waals surface area contributed by atoms with Gasteiger partial charge in [-0.05, 0) is 42.7 Å². The van der Waals surface area contributed by atoms with E-state index in [-0.39, 0.29) is 12.3 Å². The number of carboxylic acids is 1. The van der Waals surface area contributed by atoms with Crippen LogP contribution >= 0.6 is 0 Å². The molecule has 0 aliphatic heterocycles. The Labute approximate surface area is 146 Å². The molecule has 0 heterocycles. The Morgan fingerprint density at radius 3 is 2.28 bits per heavy atom. The van der Waals surface area contributed by atoms with Gasteiger partial charge in [-0.2, -0.15) is 0 Å². The molecule has 0 atom stereocenters. The van der Waals surface area contributed by atoms with Crippen molar-refractivity contribution >= 4 is 17.6 Å². The van der Waals surface area contributed by atoms with Crippen LogP contribution in [0.4, 0.5) is 5.69 Å². The standard InChI is InChI=1S/C20H21NO4/c22-18(13-20(19(23)24)11-4-12-20)21-16-9-7-15(8-10-16)14-25-17-5-2-1-3-6-17/h1-3,5-10H,4,11-14H2,(H,21,22)(H,23,24). The van der Waals surface area contributed by atoms with Crippen LogP contribution in [0.25, 0.3) is 0 Å². The maximum absolute atomic E-state index is 12.1. The fourth-order valence-electron chi connectivity index (χ4n) is 2.95. The number of hydrogen-bond donors (Lipinski definition) is 2. The first kappa shape index (κ1) is 17.0. The lowest BCUT2D eigenvalue weighted by atomic mass is 9.66. The first-order valence-corrected chi connectivity index (χ1v) is 8.37. The van der Waals surface area contributed by atoms with Crippen LogP contribution in [0.5, 0.6) is 5.75 Å². The van der Waals surface area contributed by atoms with Crippen LogP contribution in [-0.2, 0) is 16.2 Å². The van der Waals surface area contributed by atoms with Crippen molar-refractivity contribution in [1.29, 1.82) is 0 Å². The number of aliphatic carboxylic acids is 1. The van der Waals surface area contributed by atoms with Crippen LogP contribution in [0.1, 0.15) is 31.2 Å². The molecule has 1 fully saturated rings. The third-order valence-corrected chi connectivity index (χ3v) is 4.65. The quantitative estimate of drug-likeness (QED) is 0.803. The molecule has 5 nitrogen and oxygen atoms in total. The molecule has 0 aromatic heterocycles. The van der Waals surface area contributed by atoms with E-state index < -0.39 is 11.4 Å². The lowest BCUT2D eigenvalue weighted by Gasteiger charge is -2.36. The van der Waals surface area contributed by atoms with E-state index >= 15 is 0 Å². The molecule has 5 heteroatoms. The zero-order valence-corrected chi connectivity index (χ0v) is 13.9. The highest BCUT2D eigenvalue weighted by Gasteiger charge is 2.45. The number of para-hydroxylation sites is 1. The number of ether oxygens (including phenoxy) is 1. The predicted octanol–water partition coefficient (Wildman–Crippen LogP) is 3.85. The molecule has 0 saturated heterocycles. The summed E-state index contributed by atoms with van der Waals surface area (Å²) < 4.78 is 5.67. The molecule has 25 heavy (non-hydrogen) atoms. The van der Waals surface area contributed by atoms with Crippen molar-refractivity contribution in [2.45, 2.75) is 32.3 Å². The molecule has 0 bridgehead atoms. The molecule has 2 N–H and O–H groups in total. The second kappa shape index (κ2) is 7.38. The van der Waals surface area contributed by atoms with Crippen LogP contribution < -0.4 is 10.1 Å². The maximum atomic E-state index is 12.1. The zero-order chi connectivity index (χ0) is 17.7. The molecular weight excluding hydrogens is 318 g/mol. The van der Waals surface area contributed by atoms with Crippen molar-refractivity contribution in [2.24, 2.45) is 5.41 Å². The SMILES string of the molecule is O=C(CC1(C(=O)O)CCC1)Nc1ccc(COc2ccccc2)cc1. The minimum Gasteiger partial charge on any atom is -0.489 e. The Morgan fingerprint density at radius 1 is 1.04 bits per heavy atom. The number of carbonyl (C=O) groups is 2. The van der Waals surface area contributed by atoms with Crippen LogP contribution in [0.15, 0.2) is 54.6 Å². The van der Waals surface area contributed by atoms with E-state index in [1.807, 2.05) is 42.5 Å². The Bertz CT molecular complexity index is 736. The van der Waals surface area contributed by atoms with Gasteiger partial charge in [-0.1, -0.05) is 36.8 Å². The summed E-state index contributed by atoms with van der Waals surface area (Å²) in [4.78, 5) is 23.5. The van der Waals surface area contributed by atoms with Crippen molar-refractivity contribution in [3.05, 3.63) is 60.2 Å². The van der Waals surface area contributed by atoms with E-state index in [9.17, 15) is 14.7 Å². The zero-order valence-electron chi connectivity index (χ0n) is 13.9. The van der Waals surface area contributed by atoms with E-state index in [4.69, 9.17) is 4.74 Å². The van der Waals surface area contributed by atoms with Crippen LogP contribution in [0, 0.1) is 5.41 Å². The van der Waals surface area contributed by atoms with Gasteiger partial charge >= 0.3 is 5.97 Å². The van der Waals surface area contributed by atoms with Gasteiger partial charge in [-0.15, -0.1) is 0 Å². The number of rotatable bonds is 7. The molecule has 1 saturated carbocycles. The topological polar surface area (TPSA) is 75.6 Å². The first-order chi connectivity index (χ1) is 12.1. The van der Waals surface area contributed by atoms with Crippen molar-refractivity contribution < 1.29 is 19.4 Å². The minimum absolute atomic E-state index is 0.0290. The van der Waals surface area contributed by atoms with Crippen LogP contribution in [0.3, 0.4) is 0 Å². The van der Waals surface area contributed by atoms with E-state index in [1.54, 1.807) is 12.1 Å². The summed E-state index contributed by atoms with van der Waals surface area (Å²) >= 11 is 0. The third-order valence-electron chi connectivity index (χ3n) is 4.65. The summed E-state index contributed by atoms with van der Waals surface area (Å²) in [6, 6.07) is 16.9. The van der Waals surface area contributed by atoms with Gasteiger partial charge in [-0.25, -0.2) is 0 Å². The molecule has 0 radical (unpaired) electrons. The fraction of sp³-hybridized carbons (Fsp3) is 0.300. The normalized spacial score (nSPS) is 15.0. The number of amides is 1. The fourth-order valence-corrected chi connectivity index (χ4v) is 2.95. The molecule has 3 rings (SSSR count). The Balaban J connectivity index is 1.52. The van der Waals surface area contributed by atoms with Gasteiger partial charge in [0, 0.05) is 12.1 Å². The van der Waals surface area contributed by atoms with Gasteiger partial charge in [0.05, 0.1) is 5.41 Å². The first-order valence-electron chi connectivity index (χ1n) is 8.37. The molecule has 1 aliphatic rings. The van der Waals surface area contributed by atoms with Crippen LogP contribution in [-0.4, -0.2) is 17.0 Å². The summed E-state index contributed by atoms with van der Waals surface area (Å²) in [5.41, 5.74) is 0.782. The summed E-state index contributed by atoms with van der Waals surface area (Å²) in [6.07, 6.45) is 2.05. The highest BCUT2D eigenvalue weighted by molar-refractivity contribution is 5.94. The summed E-state index contributed by atoms with van der Waals surface area (Å²) in [6.45, 7) is 0.445. The molecule has 1 amide bonds. The Morgan fingerprint density at radius 2 is 1.72 bits per heavy atom. The van der Waals surface area contributed by atoms with Crippen molar-refractivity contribution in [2.75, 3.05) is 5.32 Å². The van der Waals surface area contributed by atoms with Gasteiger partial charge in [0.2, 0.25) is 5.91 Å². The Hall–Kier alpha value is -2.82. The van der Waals surface area contributed by atoms with Gasteiger partial charge in [0.15, 0.2) is 0 Å². The second-order valence-corrected chi connectivity index (χ2v) is 6.46. The second-order valence-electron chi connectivity index (χ2n) is 6.46. The molecule has 130 valence electrons. The van der Waals surface area contributed by atoms with Gasteiger partial charge in [0.25, 0.3) is 0 Å². The summed E-state index contributed by atoms with van der Waals surface area (Å²) in [5, 5.41) is 12.1. The monoisotopic (exact) mass is 339 g/mol. The largest absolute Gasteiger partial charge is 0.489 e. The lowest BCUT2D eigenvalue weighted by molar-refractivity contribution is -0.157. The van der Waals surface area contributed by atoms with Gasteiger partial charge in [-0.3, -0.25) is 9.59 Å². The summed E-state index contributed by atoms with van der Waals surface area (Å²) in [5.74, 6) is -0.322. The van der Waals surface area contributed by atoms with Gasteiger partial charge in [0.1, 0.15) is 12.4 Å². The molecule has 2 aromatic rings. The van der Waals surface area contributed by atoms with Crippen molar-refractivity contribution in [1.82, 2.24) is 0 Å². The number of carboxylic acid groups (broad SMARTS) is 1. The van der Waals surface area contributed by atoms with Crippen molar-refractivity contribution in [3.8, 4) is 5.75 Å². The van der Waals surface area contributed by atoms with Gasteiger partial charge < -0.3 is 15.2 Å². The highest BCUT2D eigenvalue weighted by Crippen LogP contribution is 2.44. The van der Waals surface area contributed by atoms with Crippen LogP contribution in [0.2, 0.25) is 0 Å². The number of anilines is 1. The third kappa shape index (κ3) is 4.18. The van der Waals surface area contributed by atoms with E-state index in [0.717, 1.165) is 17.7 Å². The van der Waals surface area contributed by atoms with E-state index in [0.29, 0.717) is 25.1 Å².